The molecule has 2 N–H and O–H groups in total. The number of amides is 1. The zero-order chi connectivity index (χ0) is 22.2. The maximum absolute atomic E-state index is 13.3. The van der Waals surface area contributed by atoms with E-state index in [1.54, 1.807) is 12.3 Å². The number of hydrogen-bond donors (Lipinski definition) is 2. The summed E-state index contributed by atoms with van der Waals surface area (Å²) in [5, 5.41) is 11.3. The van der Waals surface area contributed by atoms with Crippen LogP contribution in [0.3, 0.4) is 0 Å². The molecule has 3 heterocycles. The van der Waals surface area contributed by atoms with Crippen LogP contribution >= 0.6 is 0 Å². The molecule has 31 heavy (non-hydrogen) atoms. The molecule has 1 aromatic heterocycles. The Bertz CT molecular complexity index is 995. The SMILES string of the molecule is CC(CC(=O)N1C2CC3(C)CC1CC(O)(C2)C3)c1c[nH]c2cccc(OC(F)(F)F)c12. The maximum atomic E-state index is 13.3. The number of nitrogens with one attached hydrogen (secondary N) is 1. The van der Waals surface area contributed by atoms with Crippen molar-refractivity contribution in [3.8, 4) is 5.75 Å². The number of aromatic amines is 1. The number of aromatic nitrogens is 1. The minimum atomic E-state index is -4.79. The molecule has 8 heteroatoms. The van der Waals surface area contributed by atoms with E-state index in [-0.39, 0.29) is 41.5 Å². The number of ether oxygens (including phenoxy) is 1. The van der Waals surface area contributed by atoms with E-state index in [2.05, 4.69) is 16.6 Å². The summed E-state index contributed by atoms with van der Waals surface area (Å²) in [6, 6.07) is 4.58. The predicted molar refractivity (Wildman–Crippen MR) is 109 cm³/mol. The van der Waals surface area contributed by atoms with Gasteiger partial charge in [0.05, 0.1) is 5.60 Å². The van der Waals surface area contributed by atoms with Gasteiger partial charge in [0.2, 0.25) is 5.91 Å². The standard InChI is InChI=1S/C23H27F3N2O3/c1-13(16-11-27-17-4-3-5-18(20(16)17)31-23(24,25)26)6-19(29)28-14-7-21(2)8-15(28)10-22(30,9-14)12-21/h3-5,11,13-15,27,30H,6-10,12H2,1-2H3. The number of halogens is 3. The van der Waals surface area contributed by atoms with Gasteiger partial charge in [0.15, 0.2) is 0 Å². The first-order valence-electron chi connectivity index (χ1n) is 10.8. The van der Waals surface area contributed by atoms with Crippen LogP contribution in [0, 0.1) is 5.41 Å². The predicted octanol–water partition coefficient (Wildman–Crippen LogP) is 4.85. The lowest BCUT2D eigenvalue weighted by atomic mass is 9.54. The summed E-state index contributed by atoms with van der Waals surface area (Å²) in [7, 11) is 0. The molecule has 4 aliphatic rings. The van der Waals surface area contributed by atoms with Crippen LogP contribution in [0.25, 0.3) is 10.9 Å². The molecule has 6 rings (SSSR count). The second-order valence-corrected chi connectivity index (χ2v) is 10.2. The number of alkyl halides is 3. The highest BCUT2D eigenvalue weighted by Crippen LogP contribution is 2.57. The molecule has 168 valence electrons. The molecule has 2 aromatic rings. The highest BCUT2D eigenvalue weighted by molar-refractivity contribution is 5.90. The van der Waals surface area contributed by atoms with Crippen molar-refractivity contribution < 1.29 is 27.8 Å². The van der Waals surface area contributed by atoms with Crippen LogP contribution in [0.4, 0.5) is 13.2 Å². The quantitative estimate of drug-likeness (QED) is 0.720. The highest BCUT2D eigenvalue weighted by atomic mass is 19.4. The van der Waals surface area contributed by atoms with Crippen molar-refractivity contribution in [2.45, 2.75) is 82.3 Å². The molecular formula is C23H27F3N2O3. The number of benzene rings is 1. The third kappa shape index (κ3) is 3.58. The van der Waals surface area contributed by atoms with Gasteiger partial charge in [0.1, 0.15) is 5.75 Å². The topological polar surface area (TPSA) is 65.6 Å². The van der Waals surface area contributed by atoms with Crippen molar-refractivity contribution in [1.82, 2.24) is 9.88 Å². The highest BCUT2D eigenvalue weighted by Gasteiger charge is 2.59. The molecule has 0 spiro atoms. The fourth-order valence-electron chi connectivity index (χ4n) is 6.76. The van der Waals surface area contributed by atoms with Gasteiger partial charge >= 0.3 is 6.36 Å². The van der Waals surface area contributed by atoms with Gasteiger partial charge < -0.3 is 19.7 Å². The van der Waals surface area contributed by atoms with Crippen LogP contribution in [0.5, 0.6) is 5.75 Å². The molecule has 3 atom stereocenters. The first-order valence-corrected chi connectivity index (χ1v) is 10.8. The maximum Gasteiger partial charge on any atom is 0.573 e. The van der Waals surface area contributed by atoms with Gasteiger partial charge in [-0.05, 0) is 61.1 Å². The zero-order valence-corrected chi connectivity index (χ0v) is 17.6. The Hall–Kier alpha value is -2.22. The molecule has 1 aromatic carbocycles. The summed E-state index contributed by atoms with van der Waals surface area (Å²) in [6.45, 7) is 4.06. The van der Waals surface area contributed by atoms with Crippen molar-refractivity contribution >= 4 is 16.8 Å². The molecular weight excluding hydrogens is 409 g/mol. The minimum Gasteiger partial charge on any atom is -0.405 e. The smallest absolute Gasteiger partial charge is 0.405 e. The van der Waals surface area contributed by atoms with Gasteiger partial charge in [0, 0.05) is 35.6 Å². The second-order valence-electron chi connectivity index (χ2n) is 10.2. The van der Waals surface area contributed by atoms with E-state index >= 15 is 0 Å². The largest absolute Gasteiger partial charge is 0.573 e. The fourth-order valence-corrected chi connectivity index (χ4v) is 6.76. The third-order valence-electron chi connectivity index (χ3n) is 7.45. The lowest BCUT2D eigenvalue weighted by molar-refractivity contribution is -0.274. The zero-order valence-electron chi connectivity index (χ0n) is 17.6. The molecule has 3 unspecified atom stereocenters. The van der Waals surface area contributed by atoms with Crippen molar-refractivity contribution in [2.24, 2.45) is 5.41 Å². The van der Waals surface area contributed by atoms with E-state index < -0.39 is 12.0 Å². The third-order valence-corrected chi connectivity index (χ3v) is 7.45. The van der Waals surface area contributed by atoms with Gasteiger partial charge in [-0.15, -0.1) is 13.2 Å². The molecule has 0 radical (unpaired) electrons. The number of H-pyrrole nitrogens is 1. The first-order chi connectivity index (χ1) is 14.5. The average Bonchev–Trinajstić information content (AvgIpc) is 3.03. The molecule has 1 amide bonds. The van der Waals surface area contributed by atoms with Crippen LogP contribution < -0.4 is 4.74 Å². The van der Waals surface area contributed by atoms with Crippen molar-refractivity contribution in [2.75, 3.05) is 0 Å². The number of piperidine rings is 2. The first kappa shape index (κ1) is 20.7. The number of nitrogens with zero attached hydrogens (tertiary/aromatic N) is 1. The summed E-state index contributed by atoms with van der Waals surface area (Å²) in [6.07, 6.45) is 0.946. The molecule has 5 nitrogen and oxygen atoms in total. The van der Waals surface area contributed by atoms with Gasteiger partial charge in [-0.25, -0.2) is 0 Å². The average molecular weight is 436 g/mol. The number of carbonyl (C=O) groups is 1. The van der Waals surface area contributed by atoms with E-state index in [9.17, 15) is 23.1 Å². The Morgan fingerprint density at radius 2 is 1.97 bits per heavy atom. The van der Waals surface area contributed by atoms with Crippen molar-refractivity contribution in [3.05, 3.63) is 30.0 Å². The fraction of sp³-hybridized carbons (Fsp3) is 0.609. The Balaban J connectivity index is 1.38. The normalized spacial score (nSPS) is 33.2. The molecule has 2 saturated carbocycles. The van der Waals surface area contributed by atoms with Crippen LogP contribution in [0.1, 0.15) is 63.9 Å². The summed E-state index contributed by atoms with van der Waals surface area (Å²) in [5.41, 5.74) is 0.604. The van der Waals surface area contributed by atoms with Gasteiger partial charge in [-0.2, -0.15) is 0 Å². The van der Waals surface area contributed by atoms with Crippen LogP contribution in [0.15, 0.2) is 24.4 Å². The molecule has 4 fully saturated rings. The Kier molecular flexibility index (Phi) is 4.43. The van der Waals surface area contributed by atoms with Crippen LogP contribution in [-0.4, -0.2) is 44.9 Å². The van der Waals surface area contributed by atoms with Crippen LogP contribution in [0.2, 0.25) is 0 Å². The summed E-state index contributed by atoms with van der Waals surface area (Å²) in [5.74, 6) is -0.530. The van der Waals surface area contributed by atoms with Gasteiger partial charge in [-0.1, -0.05) is 19.9 Å². The van der Waals surface area contributed by atoms with Gasteiger partial charge in [0.25, 0.3) is 0 Å². The monoisotopic (exact) mass is 436 g/mol. The number of carbonyl (C=O) groups excluding carboxylic acids is 1. The lowest BCUT2D eigenvalue weighted by Crippen LogP contribution is -2.68. The Morgan fingerprint density at radius 1 is 1.29 bits per heavy atom. The minimum absolute atomic E-state index is 0.0112. The molecule has 2 saturated heterocycles. The van der Waals surface area contributed by atoms with E-state index in [0.717, 1.165) is 19.3 Å². The Morgan fingerprint density at radius 3 is 2.58 bits per heavy atom. The van der Waals surface area contributed by atoms with Crippen molar-refractivity contribution in [3.63, 3.8) is 0 Å². The number of hydrogen-bond acceptors (Lipinski definition) is 3. The molecule has 2 aliphatic heterocycles. The van der Waals surface area contributed by atoms with Crippen molar-refractivity contribution in [1.29, 1.82) is 0 Å². The van der Waals surface area contributed by atoms with Crippen LogP contribution in [-0.2, 0) is 4.79 Å². The van der Waals surface area contributed by atoms with Gasteiger partial charge in [-0.3, -0.25) is 4.79 Å². The summed E-state index contributed by atoms with van der Waals surface area (Å²) >= 11 is 0. The number of fused-ring (bicyclic) bond motifs is 1. The summed E-state index contributed by atoms with van der Waals surface area (Å²) in [4.78, 5) is 18.3. The van der Waals surface area contributed by atoms with E-state index in [1.165, 1.54) is 12.1 Å². The summed E-state index contributed by atoms with van der Waals surface area (Å²) < 4.78 is 42.9. The number of aliphatic hydroxyl groups is 1. The number of rotatable bonds is 4. The molecule has 4 bridgehead atoms. The second kappa shape index (κ2) is 6.64. The van der Waals surface area contributed by atoms with E-state index in [0.29, 0.717) is 29.3 Å². The Labute approximate surface area is 178 Å². The van der Waals surface area contributed by atoms with E-state index in [1.807, 2.05) is 11.8 Å². The lowest BCUT2D eigenvalue weighted by Gasteiger charge is -2.63. The van der Waals surface area contributed by atoms with E-state index in [4.69, 9.17) is 0 Å². The molecule has 2 aliphatic carbocycles.